The molecular weight excluding hydrogens is 182 g/mol. The molecule has 0 aromatic heterocycles. The summed E-state index contributed by atoms with van der Waals surface area (Å²) in [5, 5.41) is 3.51. The highest BCUT2D eigenvalue weighted by molar-refractivity contribution is 5.19. The maximum absolute atomic E-state index is 3.51. The summed E-state index contributed by atoms with van der Waals surface area (Å²) < 4.78 is 0. The third-order valence-electron chi connectivity index (χ3n) is 4.12. The molecule has 1 heteroatoms. The molecular formula is C14H25N. The summed E-state index contributed by atoms with van der Waals surface area (Å²) in [5.74, 6) is 0.937. The van der Waals surface area contributed by atoms with Gasteiger partial charge in [-0.25, -0.2) is 0 Å². The van der Waals surface area contributed by atoms with Gasteiger partial charge in [-0.3, -0.25) is 0 Å². The average Bonchev–Trinajstić information content (AvgIpc) is 2.57. The summed E-state index contributed by atoms with van der Waals surface area (Å²) in [6, 6.07) is 0. The monoisotopic (exact) mass is 207 g/mol. The number of hydrogen-bond acceptors (Lipinski definition) is 1. The number of allylic oxidation sites excluding steroid dienone is 1. The van der Waals surface area contributed by atoms with E-state index in [9.17, 15) is 0 Å². The number of hydrogen-bond donors (Lipinski definition) is 1. The molecule has 1 saturated heterocycles. The van der Waals surface area contributed by atoms with Gasteiger partial charge in [0.2, 0.25) is 0 Å². The lowest BCUT2D eigenvalue weighted by Crippen LogP contribution is -2.14. The Labute approximate surface area is 94.3 Å². The van der Waals surface area contributed by atoms with Crippen LogP contribution < -0.4 is 5.32 Å². The van der Waals surface area contributed by atoms with Crippen LogP contribution in [-0.4, -0.2) is 13.1 Å². The van der Waals surface area contributed by atoms with E-state index in [0.29, 0.717) is 0 Å². The molecule has 1 aliphatic carbocycles. The fourth-order valence-corrected chi connectivity index (χ4v) is 3.24. The SMILES string of the molecule is CCC1CCCCC1=C1CCCNCC1. The van der Waals surface area contributed by atoms with Crippen LogP contribution in [0.5, 0.6) is 0 Å². The van der Waals surface area contributed by atoms with Crippen LogP contribution in [0.15, 0.2) is 11.1 Å². The molecule has 1 aliphatic heterocycles. The molecule has 1 saturated carbocycles. The quantitative estimate of drug-likeness (QED) is 0.647. The second-order valence-corrected chi connectivity index (χ2v) is 5.08. The van der Waals surface area contributed by atoms with Crippen molar-refractivity contribution >= 4 is 0 Å². The molecule has 86 valence electrons. The first-order valence-corrected chi connectivity index (χ1v) is 6.83. The second-order valence-electron chi connectivity index (χ2n) is 5.08. The minimum atomic E-state index is 0.937. The van der Waals surface area contributed by atoms with Crippen molar-refractivity contribution in [2.75, 3.05) is 13.1 Å². The summed E-state index contributed by atoms with van der Waals surface area (Å²) >= 11 is 0. The predicted molar refractivity (Wildman–Crippen MR) is 66.0 cm³/mol. The van der Waals surface area contributed by atoms with Gasteiger partial charge in [0.05, 0.1) is 0 Å². The van der Waals surface area contributed by atoms with Gasteiger partial charge >= 0.3 is 0 Å². The zero-order chi connectivity index (χ0) is 10.5. The molecule has 1 N–H and O–H groups in total. The van der Waals surface area contributed by atoms with Crippen molar-refractivity contribution < 1.29 is 0 Å². The number of rotatable bonds is 1. The third kappa shape index (κ3) is 2.84. The molecule has 15 heavy (non-hydrogen) atoms. The van der Waals surface area contributed by atoms with Crippen molar-refractivity contribution in [2.45, 2.75) is 58.3 Å². The van der Waals surface area contributed by atoms with E-state index in [1.807, 2.05) is 11.1 Å². The minimum absolute atomic E-state index is 0.937. The zero-order valence-electron chi connectivity index (χ0n) is 10.1. The molecule has 0 amide bonds. The van der Waals surface area contributed by atoms with Gasteiger partial charge in [-0.05, 0) is 64.0 Å². The van der Waals surface area contributed by atoms with Gasteiger partial charge in [0.1, 0.15) is 0 Å². The second kappa shape index (κ2) is 5.69. The fourth-order valence-electron chi connectivity index (χ4n) is 3.24. The molecule has 0 aromatic rings. The lowest BCUT2D eigenvalue weighted by Gasteiger charge is -2.27. The fraction of sp³-hybridized carbons (Fsp3) is 0.857. The molecule has 1 heterocycles. The van der Waals surface area contributed by atoms with Crippen LogP contribution in [0.1, 0.15) is 58.3 Å². The maximum atomic E-state index is 3.51. The lowest BCUT2D eigenvalue weighted by molar-refractivity contribution is 0.434. The molecule has 1 unspecified atom stereocenters. The van der Waals surface area contributed by atoms with E-state index in [2.05, 4.69) is 12.2 Å². The first-order valence-electron chi connectivity index (χ1n) is 6.83. The van der Waals surface area contributed by atoms with Crippen molar-refractivity contribution in [3.05, 3.63) is 11.1 Å². The van der Waals surface area contributed by atoms with Crippen LogP contribution in [0.2, 0.25) is 0 Å². The van der Waals surface area contributed by atoms with Crippen LogP contribution in [-0.2, 0) is 0 Å². The molecule has 2 rings (SSSR count). The molecule has 0 bridgehead atoms. The maximum Gasteiger partial charge on any atom is -0.00115 e. The van der Waals surface area contributed by atoms with Crippen molar-refractivity contribution in [3.63, 3.8) is 0 Å². The Morgan fingerprint density at radius 1 is 1.07 bits per heavy atom. The molecule has 2 fully saturated rings. The van der Waals surface area contributed by atoms with Gasteiger partial charge in [0, 0.05) is 0 Å². The van der Waals surface area contributed by atoms with E-state index >= 15 is 0 Å². The van der Waals surface area contributed by atoms with E-state index in [1.54, 1.807) is 0 Å². The molecule has 1 atom stereocenters. The Morgan fingerprint density at radius 2 is 2.00 bits per heavy atom. The van der Waals surface area contributed by atoms with Gasteiger partial charge in [0.15, 0.2) is 0 Å². The van der Waals surface area contributed by atoms with E-state index in [-0.39, 0.29) is 0 Å². The van der Waals surface area contributed by atoms with E-state index in [4.69, 9.17) is 0 Å². The van der Waals surface area contributed by atoms with Gasteiger partial charge in [-0.2, -0.15) is 0 Å². The Kier molecular flexibility index (Phi) is 4.25. The molecule has 1 nitrogen and oxygen atoms in total. The summed E-state index contributed by atoms with van der Waals surface area (Å²) in [6.45, 7) is 4.81. The molecule has 2 aliphatic rings. The van der Waals surface area contributed by atoms with E-state index < -0.39 is 0 Å². The normalized spacial score (nSPS) is 33.8. The van der Waals surface area contributed by atoms with Gasteiger partial charge in [0.25, 0.3) is 0 Å². The van der Waals surface area contributed by atoms with Gasteiger partial charge in [-0.1, -0.05) is 24.5 Å². The summed E-state index contributed by atoms with van der Waals surface area (Å²) in [5.41, 5.74) is 3.69. The smallest absolute Gasteiger partial charge is 0.00115 e. The van der Waals surface area contributed by atoms with Crippen molar-refractivity contribution in [1.29, 1.82) is 0 Å². The Hall–Kier alpha value is -0.300. The zero-order valence-corrected chi connectivity index (χ0v) is 10.1. The van der Waals surface area contributed by atoms with E-state index in [0.717, 1.165) is 5.92 Å². The van der Waals surface area contributed by atoms with Crippen LogP contribution >= 0.6 is 0 Å². The van der Waals surface area contributed by atoms with Crippen molar-refractivity contribution in [1.82, 2.24) is 5.32 Å². The van der Waals surface area contributed by atoms with Gasteiger partial charge in [-0.15, -0.1) is 0 Å². The van der Waals surface area contributed by atoms with Crippen LogP contribution in [0.25, 0.3) is 0 Å². The molecule has 0 aromatic carbocycles. The first-order chi connectivity index (χ1) is 7.42. The molecule has 0 spiro atoms. The summed E-state index contributed by atoms with van der Waals surface area (Å²) in [7, 11) is 0. The Bertz CT molecular complexity index is 219. The highest BCUT2D eigenvalue weighted by Crippen LogP contribution is 2.36. The van der Waals surface area contributed by atoms with Crippen LogP contribution in [0.4, 0.5) is 0 Å². The third-order valence-corrected chi connectivity index (χ3v) is 4.12. The minimum Gasteiger partial charge on any atom is -0.316 e. The highest BCUT2D eigenvalue weighted by atomic mass is 14.8. The standard InChI is InChI=1S/C14H25N/c1-2-12-6-3-4-8-14(12)13-7-5-10-15-11-9-13/h12,15H,2-11H2,1H3. The summed E-state index contributed by atoms with van der Waals surface area (Å²) in [4.78, 5) is 0. The van der Waals surface area contributed by atoms with Gasteiger partial charge < -0.3 is 5.32 Å². The Balaban J connectivity index is 2.11. The largest absolute Gasteiger partial charge is 0.316 e. The Morgan fingerprint density at radius 3 is 2.87 bits per heavy atom. The van der Waals surface area contributed by atoms with Crippen LogP contribution in [0, 0.1) is 5.92 Å². The molecule has 0 radical (unpaired) electrons. The topological polar surface area (TPSA) is 12.0 Å². The van der Waals surface area contributed by atoms with E-state index in [1.165, 1.54) is 64.5 Å². The number of nitrogens with one attached hydrogen (secondary N) is 1. The summed E-state index contributed by atoms with van der Waals surface area (Å²) in [6.07, 6.45) is 11.2. The van der Waals surface area contributed by atoms with Crippen molar-refractivity contribution in [3.8, 4) is 0 Å². The van der Waals surface area contributed by atoms with Crippen LogP contribution in [0.3, 0.4) is 0 Å². The lowest BCUT2D eigenvalue weighted by atomic mass is 9.79. The predicted octanol–water partition coefficient (Wildman–Crippen LogP) is 3.66. The average molecular weight is 207 g/mol. The first kappa shape index (κ1) is 11.2. The van der Waals surface area contributed by atoms with Crippen molar-refractivity contribution in [2.24, 2.45) is 5.92 Å². The highest BCUT2D eigenvalue weighted by Gasteiger charge is 2.20.